The van der Waals surface area contributed by atoms with E-state index in [4.69, 9.17) is 0 Å². The fourth-order valence-electron chi connectivity index (χ4n) is 1.53. The SMILES string of the molecule is C=C(C)c1cn(Cc2ccccc2C)nn1. The zero-order valence-corrected chi connectivity index (χ0v) is 9.64. The fourth-order valence-corrected chi connectivity index (χ4v) is 1.53. The topological polar surface area (TPSA) is 30.7 Å². The smallest absolute Gasteiger partial charge is 0.108 e. The van der Waals surface area contributed by atoms with E-state index in [-0.39, 0.29) is 0 Å². The lowest BCUT2D eigenvalue weighted by Gasteiger charge is -2.04. The maximum atomic E-state index is 4.08. The van der Waals surface area contributed by atoms with Gasteiger partial charge in [0.05, 0.1) is 12.7 Å². The average molecular weight is 213 g/mol. The number of aromatic nitrogens is 3. The zero-order valence-electron chi connectivity index (χ0n) is 9.64. The highest BCUT2D eigenvalue weighted by atomic mass is 15.4. The van der Waals surface area contributed by atoms with Gasteiger partial charge in [0.15, 0.2) is 0 Å². The lowest BCUT2D eigenvalue weighted by atomic mass is 10.1. The Labute approximate surface area is 95.4 Å². The lowest BCUT2D eigenvalue weighted by molar-refractivity contribution is 0.647. The average Bonchev–Trinajstić information content (AvgIpc) is 2.70. The number of benzene rings is 1. The highest BCUT2D eigenvalue weighted by molar-refractivity contribution is 5.56. The van der Waals surface area contributed by atoms with E-state index in [2.05, 4.69) is 35.9 Å². The first-order valence-electron chi connectivity index (χ1n) is 5.27. The van der Waals surface area contributed by atoms with Gasteiger partial charge in [-0.25, -0.2) is 4.68 Å². The Morgan fingerprint density at radius 3 is 2.75 bits per heavy atom. The molecule has 0 atom stereocenters. The van der Waals surface area contributed by atoms with E-state index in [0.29, 0.717) is 0 Å². The maximum absolute atomic E-state index is 4.08. The van der Waals surface area contributed by atoms with Gasteiger partial charge in [-0.05, 0) is 30.5 Å². The molecule has 1 heterocycles. The van der Waals surface area contributed by atoms with Crippen LogP contribution in [-0.4, -0.2) is 15.0 Å². The van der Waals surface area contributed by atoms with Crippen molar-refractivity contribution in [1.82, 2.24) is 15.0 Å². The van der Waals surface area contributed by atoms with Crippen molar-refractivity contribution in [2.24, 2.45) is 0 Å². The second-order valence-corrected chi connectivity index (χ2v) is 4.01. The monoisotopic (exact) mass is 213 g/mol. The molecule has 0 unspecified atom stereocenters. The van der Waals surface area contributed by atoms with Crippen molar-refractivity contribution in [3.63, 3.8) is 0 Å². The van der Waals surface area contributed by atoms with Crippen molar-refractivity contribution in [2.45, 2.75) is 20.4 Å². The predicted octanol–water partition coefficient (Wildman–Crippen LogP) is 2.67. The number of aryl methyl sites for hydroxylation is 1. The molecule has 0 aliphatic rings. The second-order valence-electron chi connectivity index (χ2n) is 4.01. The summed E-state index contributed by atoms with van der Waals surface area (Å²) in [5, 5.41) is 8.13. The first-order valence-corrected chi connectivity index (χ1v) is 5.27. The van der Waals surface area contributed by atoms with E-state index in [1.165, 1.54) is 11.1 Å². The lowest BCUT2D eigenvalue weighted by Crippen LogP contribution is -2.01. The van der Waals surface area contributed by atoms with Crippen LogP contribution in [0.1, 0.15) is 23.7 Å². The molecule has 2 rings (SSSR count). The molecule has 2 aromatic rings. The van der Waals surface area contributed by atoms with E-state index in [1.807, 2.05) is 29.9 Å². The standard InChI is InChI=1S/C13H15N3/c1-10(2)13-9-16(15-14-13)8-12-7-5-4-6-11(12)3/h4-7,9H,1,8H2,2-3H3. The summed E-state index contributed by atoms with van der Waals surface area (Å²) in [4.78, 5) is 0. The summed E-state index contributed by atoms with van der Waals surface area (Å²) < 4.78 is 1.84. The van der Waals surface area contributed by atoms with E-state index < -0.39 is 0 Å². The Kier molecular flexibility index (Phi) is 2.86. The Balaban J connectivity index is 2.21. The highest BCUT2D eigenvalue weighted by Gasteiger charge is 2.03. The van der Waals surface area contributed by atoms with Crippen molar-refractivity contribution < 1.29 is 0 Å². The summed E-state index contributed by atoms with van der Waals surface area (Å²) >= 11 is 0. The van der Waals surface area contributed by atoms with Gasteiger partial charge in [0.2, 0.25) is 0 Å². The van der Waals surface area contributed by atoms with Gasteiger partial charge < -0.3 is 0 Å². The molecule has 1 aromatic carbocycles. The van der Waals surface area contributed by atoms with Crippen molar-refractivity contribution in [3.8, 4) is 0 Å². The normalized spacial score (nSPS) is 10.4. The molecule has 1 aromatic heterocycles. The van der Waals surface area contributed by atoms with Gasteiger partial charge in [-0.2, -0.15) is 0 Å². The predicted molar refractivity (Wildman–Crippen MR) is 65.0 cm³/mol. The van der Waals surface area contributed by atoms with Crippen LogP contribution >= 0.6 is 0 Å². The molecule has 0 fully saturated rings. The van der Waals surface area contributed by atoms with Crippen molar-refractivity contribution in [2.75, 3.05) is 0 Å². The largest absolute Gasteiger partial charge is 0.247 e. The van der Waals surface area contributed by atoms with Crippen LogP contribution < -0.4 is 0 Å². The molecule has 3 heteroatoms. The van der Waals surface area contributed by atoms with Crippen LogP contribution in [-0.2, 0) is 6.54 Å². The summed E-state index contributed by atoms with van der Waals surface area (Å²) in [5.74, 6) is 0. The van der Waals surface area contributed by atoms with Crippen LogP contribution in [0.15, 0.2) is 37.0 Å². The minimum absolute atomic E-state index is 0.757. The van der Waals surface area contributed by atoms with Gasteiger partial charge in [-0.1, -0.05) is 36.1 Å². The fraction of sp³-hybridized carbons (Fsp3) is 0.231. The van der Waals surface area contributed by atoms with Crippen molar-refractivity contribution in [1.29, 1.82) is 0 Å². The molecule has 0 bridgehead atoms. The zero-order chi connectivity index (χ0) is 11.5. The van der Waals surface area contributed by atoms with Crippen LogP contribution in [0.4, 0.5) is 0 Å². The molecular formula is C13H15N3. The van der Waals surface area contributed by atoms with Crippen LogP contribution in [0, 0.1) is 6.92 Å². The third kappa shape index (κ3) is 2.19. The van der Waals surface area contributed by atoms with Crippen LogP contribution in [0.25, 0.3) is 5.57 Å². The first kappa shape index (κ1) is 10.6. The van der Waals surface area contributed by atoms with Crippen molar-refractivity contribution >= 4 is 5.57 Å². The van der Waals surface area contributed by atoms with Crippen LogP contribution in [0.5, 0.6) is 0 Å². The Morgan fingerprint density at radius 1 is 1.38 bits per heavy atom. The molecule has 3 nitrogen and oxygen atoms in total. The van der Waals surface area contributed by atoms with Gasteiger partial charge in [0.25, 0.3) is 0 Å². The third-order valence-electron chi connectivity index (χ3n) is 2.57. The first-order chi connectivity index (χ1) is 7.66. The van der Waals surface area contributed by atoms with E-state index in [9.17, 15) is 0 Å². The van der Waals surface area contributed by atoms with Crippen LogP contribution in [0.2, 0.25) is 0 Å². The van der Waals surface area contributed by atoms with Gasteiger partial charge >= 0.3 is 0 Å². The molecule has 0 radical (unpaired) electrons. The van der Waals surface area contributed by atoms with E-state index in [0.717, 1.165) is 17.8 Å². The quantitative estimate of drug-likeness (QED) is 0.784. The highest BCUT2D eigenvalue weighted by Crippen LogP contribution is 2.10. The van der Waals surface area contributed by atoms with Crippen molar-refractivity contribution in [3.05, 3.63) is 53.9 Å². The molecule has 0 spiro atoms. The van der Waals surface area contributed by atoms with E-state index >= 15 is 0 Å². The Morgan fingerprint density at radius 2 is 2.12 bits per heavy atom. The number of nitrogens with zero attached hydrogens (tertiary/aromatic N) is 3. The number of hydrogen-bond donors (Lipinski definition) is 0. The molecule has 0 amide bonds. The summed E-state index contributed by atoms with van der Waals surface area (Å²) in [5.41, 5.74) is 4.33. The molecule has 0 aliphatic carbocycles. The summed E-state index contributed by atoms with van der Waals surface area (Å²) in [7, 11) is 0. The maximum Gasteiger partial charge on any atom is 0.108 e. The minimum Gasteiger partial charge on any atom is -0.247 e. The Bertz CT molecular complexity index is 511. The number of hydrogen-bond acceptors (Lipinski definition) is 2. The van der Waals surface area contributed by atoms with Gasteiger partial charge in [0.1, 0.15) is 5.69 Å². The summed E-state index contributed by atoms with van der Waals surface area (Å²) in [6, 6.07) is 8.29. The third-order valence-corrected chi connectivity index (χ3v) is 2.57. The molecule has 16 heavy (non-hydrogen) atoms. The molecule has 0 N–H and O–H groups in total. The van der Waals surface area contributed by atoms with Gasteiger partial charge in [-0.15, -0.1) is 5.10 Å². The Hall–Kier alpha value is -1.90. The van der Waals surface area contributed by atoms with Crippen LogP contribution in [0.3, 0.4) is 0 Å². The second kappa shape index (κ2) is 4.31. The molecule has 82 valence electrons. The molecule has 0 saturated heterocycles. The summed E-state index contributed by atoms with van der Waals surface area (Å²) in [6.07, 6.45) is 1.93. The van der Waals surface area contributed by atoms with Gasteiger partial charge in [-0.3, -0.25) is 0 Å². The molecule has 0 saturated carbocycles. The van der Waals surface area contributed by atoms with E-state index in [1.54, 1.807) is 0 Å². The molecular weight excluding hydrogens is 198 g/mol. The molecule has 0 aliphatic heterocycles. The number of allylic oxidation sites excluding steroid dienone is 1. The van der Waals surface area contributed by atoms with Gasteiger partial charge in [0, 0.05) is 0 Å². The summed E-state index contributed by atoms with van der Waals surface area (Å²) in [6.45, 7) is 8.64. The minimum atomic E-state index is 0.757. The number of rotatable bonds is 3.